The average molecular weight is 357 g/mol. The summed E-state index contributed by atoms with van der Waals surface area (Å²) in [4.78, 5) is 21.6. The van der Waals surface area contributed by atoms with Crippen LogP contribution in [-0.4, -0.2) is 45.2 Å². The van der Waals surface area contributed by atoms with Crippen LogP contribution in [0.2, 0.25) is 5.15 Å². The van der Waals surface area contributed by atoms with Crippen molar-refractivity contribution >= 4 is 34.1 Å². The predicted octanol–water partition coefficient (Wildman–Crippen LogP) is 3.22. The zero-order valence-electron chi connectivity index (χ0n) is 12.7. The van der Waals surface area contributed by atoms with E-state index in [1.165, 1.54) is 28.6 Å². The molecule has 0 aromatic carbocycles. The van der Waals surface area contributed by atoms with E-state index in [0.29, 0.717) is 27.6 Å². The monoisotopic (exact) mass is 356 g/mol. The maximum Gasteiger partial charge on any atom is 0.323 e. The third-order valence-corrected chi connectivity index (χ3v) is 3.78. The number of nitrogens with zero attached hydrogens (tertiary/aromatic N) is 3. The molecule has 0 fully saturated rings. The van der Waals surface area contributed by atoms with Crippen LogP contribution in [0.25, 0.3) is 0 Å². The first-order chi connectivity index (χ1) is 11.0. The molecule has 0 aliphatic rings. The van der Waals surface area contributed by atoms with E-state index in [1.54, 1.807) is 19.1 Å². The molecule has 0 aliphatic heterocycles. The van der Waals surface area contributed by atoms with Gasteiger partial charge < -0.3 is 14.7 Å². The molecule has 0 aliphatic carbocycles. The van der Waals surface area contributed by atoms with Crippen LogP contribution in [0.4, 0.5) is 9.93 Å². The maximum absolute atomic E-state index is 12.1. The number of likely N-dealkylation sites (N-methyl/N-ethyl adjacent to an activating group) is 1. The number of nitrogens with one attached hydrogen (secondary N) is 1. The number of hydrogen-bond acceptors (Lipinski definition) is 6. The Labute approximate surface area is 142 Å². The number of carbonyl (C=O) groups is 1. The SMILES string of the molecule is CCN(C[C@H](C)O)C(=O)Nc1ncc(Oc2ccc(Cl)nc2)s1. The summed E-state index contributed by atoms with van der Waals surface area (Å²) in [6.45, 7) is 4.22. The number of urea groups is 1. The number of hydrogen-bond donors (Lipinski definition) is 2. The van der Waals surface area contributed by atoms with Crippen LogP contribution in [-0.2, 0) is 0 Å². The summed E-state index contributed by atoms with van der Waals surface area (Å²) in [5.41, 5.74) is 0. The fourth-order valence-corrected chi connectivity index (χ4v) is 2.54. The summed E-state index contributed by atoms with van der Waals surface area (Å²) in [7, 11) is 0. The lowest BCUT2D eigenvalue weighted by atomic mass is 10.4. The predicted molar refractivity (Wildman–Crippen MR) is 89.4 cm³/mol. The molecular formula is C14H17ClN4O3S. The second-order valence-corrected chi connectivity index (χ2v) is 6.10. The second kappa shape index (κ2) is 8.09. The van der Waals surface area contributed by atoms with Crippen LogP contribution in [0.5, 0.6) is 10.8 Å². The van der Waals surface area contributed by atoms with E-state index in [4.69, 9.17) is 16.3 Å². The molecule has 2 N–H and O–H groups in total. The maximum atomic E-state index is 12.1. The van der Waals surface area contributed by atoms with Gasteiger partial charge in [0.15, 0.2) is 5.13 Å². The van der Waals surface area contributed by atoms with Gasteiger partial charge in [0.2, 0.25) is 5.06 Å². The molecule has 0 saturated heterocycles. The minimum absolute atomic E-state index is 0.257. The van der Waals surface area contributed by atoms with Gasteiger partial charge in [-0.05, 0) is 26.0 Å². The number of rotatable bonds is 6. The van der Waals surface area contributed by atoms with Crippen molar-refractivity contribution in [3.05, 3.63) is 29.7 Å². The first-order valence-electron chi connectivity index (χ1n) is 6.97. The van der Waals surface area contributed by atoms with E-state index in [9.17, 15) is 9.90 Å². The molecule has 7 nitrogen and oxygen atoms in total. The number of aliphatic hydroxyl groups excluding tert-OH is 1. The van der Waals surface area contributed by atoms with Crippen LogP contribution < -0.4 is 10.1 Å². The third-order valence-electron chi connectivity index (χ3n) is 2.77. The van der Waals surface area contributed by atoms with Crippen LogP contribution in [0.3, 0.4) is 0 Å². The van der Waals surface area contributed by atoms with E-state index >= 15 is 0 Å². The number of anilines is 1. The molecule has 2 amide bonds. The lowest BCUT2D eigenvalue weighted by molar-refractivity contribution is 0.141. The van der Waals surface area contributed by atoms with Gasteiger partial charge in [0.25, 0.3) is 0 Å². The van der Waals surface area contributed by atoms with E-state index in [1.807, 2.05) is 6.92 Å². The second-order valence-electron chi connectivity index (χ2n) is 4.72. The van der Waals surface area contributed by atoms with E-state index in [-0.39, 0.29) is 12.6 Å². The minimum atomic E-state index is -0.590. The van der Waals surface area contributed by atoms with Crippen LogP contribution in [0, 0.1) is 0 Å². The number of amides is 2. The molecule has 2 aromatic heterocycles. The summed E-state index contributed by atoms with van der Waals surface area (Å²) >= 11 is 6.90. The van der Waals surface area contributed by atoms with Crippen molar-refractivity contribution in [2.75, 3.05) is 18.4 Å². The summed E-state index contributed by atoms with van der Waals surface area (Å²) in [5, 5.41) is 13.4. The summed E-state index contributed by atoms with van der Waals surface area (Å²) in [6.07, 6.45) is 2.43. The summed E-state index contributed by atoms with van der Waals surface area (Å²) < 4.78 is 5.58. The van der Waals surface area contributed by atoms with Gasteiger partial charge in [0.1, 0.15) is 10.9 Å². The highest BCUT2D eigenvalue weighted by Gasteiger charge is 2.15. The largest absolute Gasteiger partial charge is 0.443 e. The fourth-order valence-electron chi connectivity index (χ4n) is 1.75. The van der Waals surface area contributed by atoms with Gasteiger partial charge in [-0.1, -0.05) is 22.9 Å². The molecule has 2 aromatic rings. The van der Waals surface area contributed by atoms with Gasteiger partial charge in [0, 0.05) is 13.1 Å². The minimum Gasteiger partial charge on any atom is -0.443 e. The van der Waals surface area contributed by atoms with Crippen LogP contribution >= 0.6 is 22.9 Å². The van der Waals surface area contributed by atoms with E-state index < -0.39 is 6.10 Å². The molecule has 0 radical (unpaired) electrons. The van der Waals surface area contributed by atoms with Gasteiger partial charge >= 0.3 is 6.03 Å². The zero-order valence-corrected chi connectivity index (χ0v) is 14.3. The lowest BCUT2D eigenvalue weighted by Crippen LogP contribution is -2.39. The van der Waals surface area contributed by atoms with Crippen LogP contribution in [0.15, 0.2) is 24.5 Å². The Morgan fingerprint density at radius 3 is 2.87 bits per heavy atom. The normalized spacial score (nSPS) is 11.8. The number of ether oxygens (including phenoxy) is 1. The van der Waals surface area contributed by atoms with Crippen molar-refractivity contribution in [3.8, 4) is 10.8 Å². The molecule has 9 heteroatoms. The highest BCUT2D eigenvalue weighted by atomic mass is 35.5. The van der Waals surface area contributed by atoms with Gasteiger partial charge in [-0.3, -0.25) is 5.32 Å². The number of aromatic nitrogens is 2. The first-order valence-corrected chi connectivity index (χ1v) is 8.16. The molecule has 1 atom stereocenters. The van der Waals surface area contributed by atoms with Crippen molar-refractivity contribution in [2.24, 2.45) is 0 Å². The van der Waals surface area contributed by atoms with Gasteiger partial charge in [-0.2, -0.15) is 0 Å². The molecule has 0 unspecified atom stereocenters. The molecule has 23 heavy (non-hydrogen) atoms. The van der Waals surface area contributed by atoms with Crippen LogP contribution in [0.1, 0.15) is 13.8 Å². The Balaban J connectivity index is 1.96. The highest BCUT2D eigenvalue weighted by molar-refractivity contribution is 7.17. The topological polar surface area (TPSA) is 87.6 Å². The van der Waals surface area contributed by atoms with Crippen molar-refractivity contribution in [1.29, 1.82) is 0 Å². The molecule has 0 bridgehead atoms. The molecular weight excluding hydrogens is 340 g/mol. The van der Waals surface area contributed by atoms with E-state index in [2.05, 4.69) is 15.3 Å². The summed E-state index contributed by atoms with van der Waals surface area (Å²) in [6, 6.07) is 2.99. The average Bonchev–Trinajstić information content (AvgIpc) is 2.94. The van der Waals surface area contributed by atoms with Crippen molar-refractivity contribution in [2.45, 2.75) is 20.0 Å². The highest BCUT2D eigenvalue weighted by Crippen LogP contribution is 2.30. The lowest BCUT2D eigenvalue weighted by Gasteiger charge is -2.21. The Morgan fingerprint density at radius 2 is 2.26 bits per heavy atom. The number of thiazole rings is 1. The number of pyridine rings is 1. The first kappa shape index (κ1) is 17.5. The van der Waals surface area contributed by atoms with E-state index in [0.717, 1.165) is 0 Å². The Morgan fingerprint density at radius 1 is 1.48 bits per heavy atom. The van der Waals surface area contributed by atoms with Gasteiger partial charge in [-0.15, -0.1) is 0 Å². The quantitative estimate of drug-likeness (QED) is 0.776. The smallest absolute Gasteiger partial charge is 0.323 e. The van der Waals surface area contributed by atoms with Gasteiger partial charge in [0.05, 0.1) is 18.5 Å². The molecule has 0 spiro atoms. The molecule has 2 rings (SSSR count). The van der Waals surface area contributed by atoms with Crippen molar-refractivity contribution < 1.29 is 14.6 Å². The third kappa shape index (κ3) is 5.34. The van der Waals surface area contributed by atoms with Crippen molar-refractivity contribution in [3.63, 3.8) is 0 Å². The Kier molecular flexibility index (Phi) is 6.14. The fraction of sp³-hybridized carbons (Fsp3) is 0.357. The molecule has 0 saturated carbocycles. The Hall–Kier alpha value is -1.90. The number of halogens is 1. The van der Waals surface area contributed by atoms with Gasteiger partial charge in [-0.25, -0.2) is 14.8 Å². The van der Waals surface area contributed by atoms with Crippen molar-refractivity contribution in [1.82, 2.24) is 14.9 Å². The standard InChI is InChI=1S/C14H17ClN4O3S/c1-3-19(8-9(2)20)14(21)18-13-17-7-12(23-13)22-10-4-5-11(15)16-6-10/h4-7,9,20H,3,8H2,1-2H3,(H,17,18,21)/t9-/m0/s1. The Bertz CT molecular complexity index is 648. The molecule has 2 heterocycles. The number of carbonyl (C=O) groups excluding carboxylic acids is 1. The molecule has 124 valence electrons. The zero-order chi connectivity index (χ0) is 16.8. The number of aliphatic hydroxyl groups is 1. The summed E-state index contributed by atoms with van der Waals surface area (Å²) in [5.74, 6) is 0.528.